The number of fused-ring (bicyclic) bond motifs is 9. The largest absolute Gasteiger partial charge is 0.449 e. The average molecular weight is 833 g/mol. The summed E-state index contributed by atoms with van der Waals surface area (Å²) in [7, 11) is 0. The van der Waals surface area contributed by atoms with E-state index < -0.39 is 5.41 Å². The highest BCUT2D eigenvalue weighted by molar-refractivity contribution is 6.10. The Kier molecular flexibility index (Phi) is 8.40. The number of nitrogens with zero attached hydrogens (tertiary/aromatic N) is 2. The van der Waals surface area contributed by atoms with Crippen LogP contribution in [0.4, 0.5) is 17.1 Å². The summed E-state index contributed by atoms with van der Waals surface area (Å²) in [6.07, 6.45) is 0. The first-order valence-electron chi connectivity index (χ1n) is 22.2. The standard InChI is InChI=1S/C61H40N2O2/c1-3-17-43(18-4-1)61(50-24-10-7-23-49(50)59-51(61)39-40-58-60(59)65-57-30-16-15-29-56(57)64-58)44-35-31-41(32-36-44)42-33-37-46(38-34-42)62(45-19-5-2-6-20-45)54-27-13-14-28-55(54)63-52-25-11-8-21-47(52)48-22-9-12-26-53(48)63/h1-40H. The van der Waals surface area contributed by atoms with Gasteiger partial charge in [-0.1, -0.05) is 176 Å². The quantitative estimate of drug-likeness (QED) is 0.160. The van der Waals surface area contributed by atoms with Gasteiger partial charge in [-0.15, -0.1) is 0 Å². The fourth-order valence-corrected chi connectivity index (χ4v) is 10.6. The number of hydrogen-bond acceptors (Lipinski definition) is 3. The van der Waals surface area contributed by atoms with Gasteiger partial charge in [0.15, 0.2) is 23.0 Å². The van der Waals surface area contributed by atoms with Crippen molar-refractivity contribution in [1.82, 2.24) is 4.57 Å². The maximum atomic E-state index is 6.73. The summed E-state index contributed by atoms with van der Waals surface area (Å²) >= 11 is 0. The van der Waals surface area contributed by atoms with Crippen LogP contribution < -0.4 is 14.4 Å². The molecule has 0 amide bonds. The Morgan fingerprint density at radius 2 is 0.908 bits per heavy atom. The Morgan fingerprint density at radius 3 is 1.63 bits per heavy atom. The van der Waals surface area contributed by atoms with Crippen LogP contribution in [-0.2, 0) is 5.41 Å². The van der Waals surface area contributed by atoms with Crippen molar-refractivity contribution in [2.75, 3.05) is 4.90 Å². The molecule has 306 valence electrons. The highest BCUT2D eigenvalue weighted by Gasteiger charge is 2.48. The van der Waals surface area contributed by atoms with Crippen LogP contribution in [0.1, 0.15) is 22.3 Å². The van der Waals surface area contributed by atoms with Gasteiger partial charge in [-0.25, -0.2) is 0 Å². The Hall–Kier alpha value is -8.60. The summed E-state index contributed by atoms with van der Waals surface area (Å²) in [5, 5.41) is 2.48. The Morgan fingerprint density at radius 1 is 0.369 bits per heavy atom. The van der Waals surface area contributed by atoms with E-state index in [4.69, 9.17) is 9.47 Å². The molecule has 1 aliphatic heterocycles. The van der Waals surface area contributed by atoms with Gasteiger partial charge in [0.2, 0.25) is 0 Å². The number of hydrogen-bond donors (Lipinski definition) is 0. The predicted molar refractivity (Wildman–Crippen MR) is 265 cm³/mol. The summed E-state index contributed by atoms with van der Waals surface area (Å²) in [6.45, 7) is 0. The lowest BCUT2D eigenvalue weighted by Crippen LogP contribution is -2.28. The number of benzene rings is 10. The highest BCUT2D eigenvalue weighted by atomic mass is 16.6. The van der Waals surface area contributed by atoms with Crippen molar-refractivity contribution in [2.24, 2.45) is 0 Å². The molecule has 13 rings (SSSR count). The molecule has 10 aromatic carbocycles. The zero-order valence-corrected chi connectivity index (χ0v) is 35.3. The summed E-state index contributed by atoms with van der Waals surface area (Å²) in [5.41, 5.74) is 15.4. The molecule has 0 fully saturated rings. The third-order valence-electron chi connectivity index (χ3n) is 13.3. The molecule has 0 bridgehead atoms. The van der Waals surface area contributed by atoms with Gasteiger partial charge in [0.1, 0.15) is 0 Å². The molecule has 11 aromatic rings. The lowest BCUT2D eigenvalue weighted by Gasteiger charge is -2.34. The summed E-state index contributed by atoms with van der Waals surface area (Å²) < 4.78 is 15.6. The van der Waals surface area contributed by atoms with Gasteiger partial charge >= 0.3 is 0 Å². The van der Waals surface area contributed by atoms with E-state index in [1.807, 2.05) is 24.3 Å². The van der Waals surface area contributed by atoms with E-state index in [0.717, 1.165) is 68.0 Å². The van der Waals surface area contributed by atoms with E-state index in [2.05, 4.69) is 228 Å². The minimum absolute atomic E-state index is 0.592. The van der Waals surface area contributed by atoms with Crippen LogP contribution >= 0.6 is 0 Å². The molecule has 0 N–H and O–H groups in total. The smallest absolute Gasteiger partial charge is 0.178 e. The van der Waals surface area contributed by atoms with Crippen molar-refractivity contribution in [2.45, 2.75) is 5.41 Å². The van der Waals surface area contributed by atoms with E-state index in [1.165, 1.54) is 44.1 Å². The van der Waals surface area contributed by atoms with Gasteiger partial charge in [-0.2, -0.15) is 0 Å². The first-order chi connectivity index (χ1) is 32.3. The molecule has 1 aromatic heterocycles. The first kappa shape index (κ1) is 37.0. The monoisotopic (exact) mass is 832 g/mol. The Bertz CT molecular complexity index is 3540. The molecular weight excluding hydrogens is 793 g/mol. The van der Waals surface area contributed by atoms with Gasteiger partial charge in [-0.05, 0) is 106 Å². The van der Waals surface area contributed by atoms with Crippen molar-refractivity contribution < 1.29 is 9.47 Å². The summed E-state index contributed by atoms with van der Waals surface area (Å²) in [6, 6.07) is 86.8. The maximum absolute atomic E-state index is 6.73. The molecule has 2 aliphatic rings. The summed E-state index contributed by atoms with van der Waals surface area (Å²) in [5.74, 6) is 2.92. The third kappa shape index (κ3) is 5.64. The molecule has 0 radical (unpaired) electrons. The second kappa shape index (κ2) is 14.8. The number of aromatic nitrogens is 1. The highest BCUT2D eigenvalue weighted by Crippen LogP contribution is 2.62. The maximum Gasteiger partial charge on any atom is 0.178 e. The molecule has 1 unspecified atom stereocenters. The lowest BCUT2D eigenvalue weighted by molar-refractivity contribution is 0.360. The van der Waals surface area contributed by atoms with Gasteiger partial charge in [0.25, 0.3) is 0 Å². The van der Waals surface area contributed by atoms with Crippen molar-refractivity contribution in [3.8, 4) is 50.9 Å². The third-order valence-corrected chi connectivity index (χ3v) is 13.3. The summed E-state index contributed by atoms with van der Waals surface area (Å²) in [4.78, 5) is 2.37. The lowest BCUT2D eigenvalue weighted by atomic mass is 9.67. The fraction of sp³-hybridized carbons (Fsp3) is 0.0164. The van der Waals surface area contributed by atoms with Crippen molar-refractivity contribution in [3.05, 3.63) is 265 Å². The number of rotatable bonds is 7. The van der Waals surface area contributed by atoms with Crippen LogP contribution in [0, 0.1) is 0 Å². The van der Waals surface area contributed by atoms with Gasteiger partial charge in [0, 0.05) is 27.7 Å². The van der Waals surface area contributed by atoms with Gasteiger partial charge in [0.05, 0.1) is 27.8 Å². The van der Waals surface area contributed by atoms with E-state index in [9.17, 15) is 0 Å². The predicted octanol–water partition coefficient (Wildman–Crippen LogP) is 16.2. The van der Waals surface area contributed by atoms with Crippen LogP contribution in [0.3, 0.4) is 0 Å². The van der Waals surface area contributed by atoms with Crippen molar-refractivity contribution in [3.63, 3.8) is 0 Å². The van der Waals surface area contributed by atoms with Crippen molar-refractivity contribution in [1.29, 1.82) is 0 Å². The molecule has 1 aliphatic carbocycles. The molecule has 1 atom stereocenters. The average Bonchev–Trinajstić information content (AvgIpc) is 3.88. The topological polar surface area (TPSA) is 26.6 Å². The molecule has 0 spiro atoms. The Labute approximate surface area is 377 Å². The normalized spacial score (nSPS) is 14.5. The van der Waals surface area contributed by atoms with Crippen LogP contribution in [0.25, 0.3) is 49.7 Å². The van der Waals surface area contributed by atoms with E-state index in [-0.39, 0.29) is 0 Å². The number of ether oxygens (including phenoxy) is 2. The van der Waals surface area contributed by atoms with Crippen molar-refractivity contribution >= 4 is 38.9 Å². The van der Waals surface area contributed by atoms with Crippen LogP contribution in [0.15, 0.2) is 243 Å². The minimum atomic E-state index is -0.592. The first-order valence-corrected chi connectivity index (χ1v) is 22.2. The van der Waals surface area contributed by atoms with E-state index >= 15 is 0 Å². The van der Waals surface area contributed by atoms with Gasteiger partial charge in [-0.3, -0.25) is 0 Å². The second-order valence-corrected chi connectivity index (χ2v) is 16.8. The Balaban J connectivity index is 0.915. The molecule has 65 heavy (non-hydrogen) atoms. The SMILES string of the molecule is c1ccc(N(c2ccc(-c3ccc(C4(c5ccccc5)c5ccccc5-c5c4ccc4c5Oc5ccccc5O4)cc3)cc2)c2ccccc2-n2c3ccccc3c3ccccc32)cc1. The van der Waals surface area contributed by atoms with Crippen LogP contribution in [0.5, 0.6) is 23.0 Å². The molecule has 4 nitrogen and oxygen atoms in total. The van der Waals surface area contributed by atoms with E-state index in [1.54, 1.807) is 0 Å². The van der Waals surface area contributed by atoms with Gasteiger partial charge < -0.3 is 18.9 Å². The molecule has 0 saturated heterocycles. The zero-order valence-electron chi connectivity index (χ0n) is 35.3. The van der Waals surface area contributed by atoms with Crippen LogP contribution in [-0.4, -0.2) is 4.57 Å². The van der Waals surface area contributed by atoms with Crippen LogP contribution in [0.2, 0.25) is 0 Å². The molecule has 0 saturated carbocycles. The number of anilines is 3. The molecule has 2 heterocycles. The second-order valence-electron chi connectivity index (χ2n) is 16.8. The molecule has 4 heteroatoms. The zero-order chi connectivity index (χ0) is 42.9. The van der Waals surface area contributed by atoms with E-state index in [0.29, 0.717) is 0 Å². The molecular formula is C61H40N2O2. The fourth-order valence-electron chi connectivity index (χ4n) is 10.6. The minimum Gasteiger partial charge on any atom is -0.449 e. The number of para-hydroxylation sites is 7.